The largest absolute Gasteiger partial charge is 0.316 e. The van der Waals surface area contributed by atoms with Crippen molar-refractivity contribution in [1.29, 1.82) is 0 Å². The molecule has 0 aliphatic heterocycles. The van der Waals surface area contributed by atoms with E-state index in [9.17, 15) is 4.39 Å². The van der Waals surface area contributed by atoms with Gasteiger partial charge in [0.25, 0.3) is 0 Å². The third-order valence-corrected chi connectivity index (χ3v) is 2.77. The second-order valence-electron chi connectivity index (χ2n) is 4.86. The summed E-state index contributed by atoms with van der Waals surface area (Å²) in [7, 11) is 0. The van der Waals surface area contributed by atoms with Gasteiger partial charge in [0.2, 0.25) is 0 Å². The highest BCUT2D eigenvalue weighted by atomic mass is 35.5. The van der Waals surface area contributed by atoms with Gasteiger partial charge in [-0.2, -0.15) is 0 Å². The van der Waals surface area contributed by atoms with E-state index in [4.69, 9.17) is 11.6 Å². The van der Waals surface area contributed by atoms with Gasteiger partial charge in [-0.25, -0.2) is 4.39 Å². The summed E-state index contributed by atoms with van der Waals surface area (Å²) in [5.74, 6) is -0.172. The van der Waals surface area contributed by atoms with Gasteiger partial charge in [0.15, 0.2) is 0 Å². The van der Waals surface area contributed by atoms with Crippen LogP contribution in [0.3, 0.4) is 0 Å². The lowest BCUT2D eigenvalue weighted by Crippen LogP contribution is -2.31. The Morgan fingerprint density at radius 2 is 2.06 bits per heavy atom. The molecule has 1 nitrogen and oxygen atoms in total. The first kappa shape index (κ1) is 13.5. The summed E-state index contributed by atoms with van der Waals surface area (Å²) in [4.78, 5) is 0. The van der Waals surface area contributed by atoms with Crippen LogP contribution in [0.5, 0.6) is 0 Å². The van der Waals surface area contributed by atoms with Crippen LogP contribution in [-0.2, 0) is 6.42 Å². The molecule has 0 radical (unpaired) electrons. The summed E-state index contributed by atoms with van der Waals surface area (Å²) in [5.41, 5.74) is 0.719. The van der Waals surface area contributed by atoms with Gasteiger partial charge in [0.05, 0.1) is 0 Å². The van der Waals surface area contributed by atoms with E-state index in [1.165, 1.54) is 6.07 Å². The van der Waals surface area contributed by atoms with Crippen molar-refractivity contribution in [3.63, 3.8) is 0 Å². The van der Waals surface area contributed by atoms with E-state index in [2.05, 4.69) is 26.1 Å². The summed E-state index contributed by atoms with van der Waals surface area (Å²) >= 11 is 5.87. The SMILES string of the molecule is CCNCC(C)(C)Cc1cc(Cl)ccc1F. The van der Waals surface area contributed by atoms with Gasteiger partial charge in [-0.15, -0.1) is 0 Å². The smallest absolute Gasteiger partial charge is 0.126 e. The molecule has 0 saturated heterocycles. The maximum atomic E-state index is 13.5. The molecule has 0 aliphatic rings. The standard InChI is InChI=1S/C13H19ClFN/c1-4-16-9-13(2,3)8-10-7-11(14)5-6-12(10)15/h5-7,16H,4,8-9H2,1-3H3. The molecule has 0 unspecified atom stereocenters. The fourth-order valence-corrected chi connectivity index (χ4v) is 1.91. The molecule has 1 aromatic carbocycles. The Balaban J connectivity index is 2.74. The van der Waals surface area contributed by atoms with Gasteiger partial charge < -0.3 is 5.32 Å². The highest BCUT2D eigenvalue weighted by Gasteiger charge is 2.19. The molecule has 0 saturated carbocycles. The quantitative estimate of drug-likeness (QED) is 0.832. The van der Waals surface area contributed by atoms with Crippen molar-refractivity contribution in [2.75, 3.05) is 13.1 Å². The molecule has 1 aromatic rings. The molecule has 90 valence electrons. The van der Waals surface area contributed by atoms with Crippen molar-refractivity contribution in [2.24, 2.45) is 5.41 Å². The monoisotopic (exact) mass is 243 g/mol. The van der Waals surface area contributed by atoms with E-state index < -0.39 is 0 Å². The Bertz CT molecular complexity index is 350. The highest BCUT2D eigenvalue weighted by molar-refractivity contribution is 6.30. The molecule has 0 aliphatic carbocycles. The van der Waals surface area contributed by atoms with Crippen LogP contribution in [0.4, 0.5) is 4.39 Å². The van der Waals surface area contributed by atoms with Crippen molar-refractivity contribution >= 4 is 11.6 Å². The average molecular weight is 244 g/mol. The number of halogens is 2. The molecule has 0 atom stereocenters. The van der Waals surface area contributed by atoms with Crippen LogP contribution in [0.1, 0.15) is 26.3 Å². The highest BCUT2D eigenvalue weighted by Crippen LogP contribution is 2.24. The lowest BCUT2D eigenvalue weighted by Gasteiger charge is -2.25. The van der Waals surface area contributed by atoms with Gasteiger partial charge in [0, 0.05) is 11.6 Å². The predicted molar refractivity (Wildman–Crippen MR) is 67.4 cm³/mol. The summed E-state index contributed by atoms with van der Waals surface area (Å²) < 4.78 is 13.5. The van der Waals surface area contributed by atoms with Crippen LogP contribution in [0.25, 0.3) is 0 Å². The maximum Gasteiger partial charge on any atom is 0.126 e. The van der Waals surface area contributed by atoms with E-state index in [1.54, 1.807) is 12.1 Å². The first-order valence-electron chi connectivity index (χ1n) is 5.59. The zero-order valence-electron chi connectivity index (χ0n) is 10.1. The molecular formula is C13H19ClFN. The lowest BCUT2D eigenvalue weighted by molar-refractivity contribution is 0.337. The number of benzene rings is 1. The van der Waals surface area contributed by atoms with Crippen molar-refractivity contribution in [2.45, 2.75) is 27.2 Å². The number of hydrogen-bond acceptors (Lipinski definition) is 1. The molecule has 0 heterocycles. The minimum absolute atomic E-state index is 0.0293. The molecule has 1 rings (SSSR count). The van der Waals surface area contributed by atoms with E-state index in [0.29, 0.717) is 17.0 Å². The van der Waals surface area contributed by atoms with E-state index in [0.717, 1.165) is 13.1 Å². The Morgan fingerprint density at radius 3 is 2.69 bits per heavy atom. The Hall–Kier alpha value is -0.600. The van der Waals surface area contributed by atoms with Gasteiger partial charge in [-0.05, 0) is 42.1 Å². The molecule has 0 fully saturated rings. The first-order valence-corrected chi connectivity index (χ1v) is 5.97. The summed E-state index contributed by atoms with van der Waals surface area (Å²) in [6.45, 7) is 8.11. The Morgan fingerprint density at radius 1 is 1.38 bits per heavy atom. The predicted octanol–water partition coefficient (Wildman–Crippen LogP) is 3.66. The van der Waals surface area contributed by atoms with Crippen molar-refractivity contribution in [3.05, 3.63) is 34.6 Å². The van der Waals surface area contributed by atoms with Crippen LogP contribution < -0.4 is 5.32 Å². The number of rotatable bonds is 5. The second-order valence-corrected chi connectivity index (χ2v) is 5.29. The molecular weight excluding hydrogens is 225 g/mol. The van der Waals surface area contributed by atoms with Crippen LogP contribution in [0.15, 0.2) is 18.2 Å². The minimum atomic E-state index is -0.172. The molecule has 0 bridgehead atoms. The van der Waals surface area contributed by atoms with E-state index in [-0.39, 0.29) is 11.2 Å². The Kier molecular flexibility index (Phi) is 4.75. The van der Waals surface area contributed by atoms with E-state index >= 15 is 0 Å². The van der Waals surface area contributed by atoms with Crippen LogP contribution in [0.2, 0.25) is 5.02 Å². The summed E-state index contributed by atoms with van der Waals surface area (Å²) in [6.07, 6.45) is 0.687. The third kappa shape index (κ3) is 4.11. The van der Waals surface area contributed by atoms with Gasteiger partial charge in [0.1, 0.15) is 5.82 Å². The molecule has 0 spiro atoms. The van der Waals surface area contributed by atoms with Crippen LogP contribution in [0, 0.1) is 11.2 Å². The molecule has 1 N–H and O–H groups in total. The van der Waals surface area contributed by atoms with E-state index in [1.807, 2.05) is 0 Å². The van der Waals surface area contributed by atoms with Crippen molar-refractivity contribution < 1.29 is 4.39 Å². The normalized spacial score (nSPS) is 11.8. The van der Waals surface area contributed by atoms with Crippen LogP contribution >= 0.6 is 11.6 Å². The van der Waals surface area contributed by atoms with Crippen LogP contribution in [-0.4, -0.2) is 13.1 Å². The number of hydrogen-bond donors (Lipinski definition) is 1. The maximum absolute atomic E-state index is 13.5. The Labute approximate surface area is 102 Å². The van der Waals surface area contributed by atoms with Crippen molar-refractivity contribution in [1.82, 2.24) is 5.32 Å². The zero-order valence-corrected chi connectivity index (χ0v) is 10.9. The van der Waals surface area contributed by atoms with Gasteiger partial charge in [-0.1, -0.05) is 32.4 Å². The summed E-state index contributed by atoms with van der Waals surface area (Å²) in [5, 5.41) is 3.88. The topological polar surface area (TPSA) is 12.0 Å². The second kappa shape index (κ2) is 5.65. The van der Waals surface area contributed by atoms with Gasteiger partial charge in [-0.3, -0.25) is 0 Å². The molecule has 16 heavy (non-hydrogen) atoms. The first-order chi connectivity index (χ1) is 7.44. The summed E-state index contributed by atoms with van der Waals surface area (Å²) in [6, 6.07) is 4.73. The fourth-order valence-electron chi connectivity index (χ4n) is 1.72. The average Bonchev–Trinajstić information content (AvgIpc) is 2.20. The molecule has 3 heteroatoms. The van der Waals surface area contributed by atoms with Gasteiger partial charge >= 0.3 is 0 Å². The fraction of sp³-hybridized carbons (Fsp3) is 0.538. The lowest BCUT2D eigenvalue weighted by atomic mass is 9.85. The molecule has 0 amide bonds. The molecule has 0 aromatic heterocycles. The zero-order chi connectivity index (χ0) is 12.2. The van der Waals surface area contributed by atoms with Crippen molar-refractivity contribution in [3.8, 4) is 0 Å². The third-order valence-electron chi connectivity index (χ3n) is 2.53. The minimum Gasteiger partial charge on any atom is -0.316 e. The number of nitrogens with one attached hydrogen (secondary N) is 1.